The van der Waals surface area contributed by atoms with Crippen LogP contribution in [0.2, 0.25) is 0 Å². The summed E-state index contributed by atoms with van der Waals surface area (Å²) >= 11 is 1.64. The van der Waals surface area contributed by atoms with Crippen LogP contribution in [0.25, 0.3) is 16.6 Å². The van der Waals surface area contributed by atoms with Crippen LogP contribution in [0.3, 0.4) is 0 Å². The predicted molar refractivity (Wildman–Crippen MR) is 114 cm³/mol. The Balaban J connectivity index is 1.41. The molecule has 0 bridgehead atoms. The molecule has 1 aliphatic heterocycles. The number of ether oxygens (including phenoxy) is 1. The smallest absolute Gasteiger partial charge is 0.166 e. The second-order valence-corrected chi connectivity index (χ2v) is 7.95. The molecule has 3 heterocycles. The molecule has 0 spiro atoms. The van der Waals surface area contributed by atoms with Crippen molar-refractivity contribution in [1.29, 1.82) is 0 Å². The number of benzene rings is 2. The number of hydrogen-bond acceptors (Lipinski definition) is 8. The lowest BCUT2D eigenvalue weighted by Gasteiger charge is -2.25. The van der Waals surface area contributed by atoms with Gasteiger partial charge in [0, 0.05) is 18.5 Å². The molecule has 0 radical (unpaired) electrons. The van der Waals surface area contributed by atoms with E-state index in [1.807, 2.05) is 48.5 Å². The van der Waals surface area contributed by atoms with E-state index in [1.165, 1.54) is 0 Å². The van der Waals surface area contributed by atoms with Gasteiger partial charge in [0.15, 0.2) is 5.82 Å². The van der Waals surface area contributed by atoms with Crippen LogP contribution >= 0.6 is 11.8 Å². The number of hydrogen-bond donors (Lipinski definition) is 0. The first-order chi connectivity index (χ1) is 14.9. The van der Waals surface area contributed by atoms with Crippen LogP contribution in [0.4, 0.5) is 0 Å². The van der Waals surface area contributed by atoms with Gasteiger partial charge in [-0.25, -0.2) is 9.97 Å². The van der Waals surface area contributed by atoms with Gasteiger partial charge >= 0.3 is 0 Å². The zero-order chi connectivity index (χ0) is 20.2. The van der Waals surface area contributed by atoms with Crippen molar-refractivity contribution >= 4 is 22.7 Å². The summed E-state index contributed by atoms with van der Waals surface area (Å²) in [4.78, 5) is 12.0. The van der Waals surface area contributed by atoms with Crippen LogP contribution in [0.15, 0.2) is 59.6 Å². The Labute approximate surface area is 178 Å². The molecule has 0 atom stereocenters. The monoisotopic (exact) mass is 419 g/mol. The first-order valence-corrected chi connectivity index (χ1v) is 10.9. The number of rotatable bonds is 6. The van der Waals surface area contributed by atoms with E-state index in [9.17, 15) is 0 Å². The Morgan fingerprint density at radius 2 is 1.73 bits per heavy atom. The largest absolute Gasteiger partial charge is 0.379 e. The van der Waals surface area contributed by atoms with E-state index in [4.69, 9.17) is 14.7 Å². The summed E-state index contributed by atoms with van der Waals surface area (Å²) in [6.45, 7) is 4.06. The highest BCUT2D eigenvalue weighted by atomic mass is 32.2. The summed E-state index contributed by atoms with van der Waals surface area (Å²) in [5.41, 5.74) is 1.90. The third kappa shape index (κ3) is 4.18. The van der Waals surface area contributed by atoms with Crippen LogP contribution in [-0.2, 0) is 17.0 Å². The molecular weight excluding hydrogens is 398 g/mol. The van der Waals surface area contributed by atoms with E-state index in [2.05, 4.69) is 26.5 Å². The number of tetrazole rings is 1. The van der Waals surface area contributed by atoms with Gasteiger partial charge in [-0.3, -0.25) is 4.90 Å². The zero-order valence-electron chi connectivity index (χ0n) is 16.4. The summed E-state index contributed by atoms with van der Waals surface area (Å²) in [7, 11) is 0. The summed E-state index contributed by atoms with van der Waals surface area (Å²) in [6.07, 6.45) is 0. The second kappa shape index (κ2) is 8.86. The highest BCUT2D eigenvalue weighted by Gasteiger charge is 2.16. The molecule has 1 saturated heterocycles. The van der Waals surface area contributed by atoms with Crippen LogP contribution in [0, 0.1) is 0 Å². The second-order valence-electron chi connectivity index (χ2n) is 6.98. The molecule has 0 aliphatic carbocycles. The average Bonchev–Trinajstić information content (AvgIpc) is 3.27. The predicted octanol–water partition coefficient (Wildman–Crippen LogP) is 2.73. The maximum atomic E-state index is 5.45. The molecule has 1 fully saturated rings. The number of thioether (sulfide) groups is 1. The molecule has 8 nitrogen and oxygen atoms in total. The summed E-state index contributed by atoms with van der Waals surface area (Å²) in [6, 6.07) is 18.0. The molecule has 2 aromatic heterocycles. The van der Waals surface area contributed by atoms with Gasteiger partial charge in [-0.05, 0) is 28.6 Å². The van der Waals surface area contributed by atoms with Gasteiger partial charge in [0.1, 0.15) is 10.9 Å². The van der Waals surface area contributed by atoms with E-state index in [1.54, 1.807) is 16.4 Å². The highest BCUT2D eigenvalue weighted by Crippen LogP contribution is 2.28. The van der Waals surface area contributed by atoms with Crippen molar-refractivity contribution < 1.29 is 4.74 Å². The molecule has 5 rings (SSSR count). The first-order valence-electron chi connectivity index (χ1n) is 9.88. The molecule has 2 aromatic carbocycles. The van der Waals surface area contributed by atoms with Gasteiger partial charge in [-0.15, -0.1) is 5.10 Å². The molecular formula is C21H21N7OS. The van der Waals surface area contributed by atoms with E-state index >= 15 is 0 Å². The number of aromatic nitrogens is 6. The van der Waals surface area contributed by atoms with Gasteiger partial charge < -0.3 is 4.74 Å². The highest BCUT2D eigenvalue weighted by molar-refractivity contribution is 7.98. The summed E-state index contributed by atoms with van der Waals surface area (Å²) < 4.78 is 7.22. The molecule has 4 aromatic rings. The van der Waals surface area contributed by atoms with E-state index < -0.39 is 0 Å². The minimum Gasteiger partial charge on any atom is -0.379 e. The average molecular weight is 420 g/mol. The third-order valence-corrected chi connectivity index (χ3v) is 5.94. The molecule has 0 N–H and O–H groups in total. The fourth-order valence-electron chi connectivity index (χ4n) is 3.43. The van der Waals surface area contributed by atoms with Crippen LogP contribution in [0.5, 0.6) is 0 Å². The van der Waals surface area contributed by atoms with Crippen molar-refractivity contribution in [3.05, 3.63) is 66.2 Å². The van der Waals surface area contributed by atoms with Crippen molar-refractivity contribution in [2.75, 3.05) is 26.3 Å². The minimum absolute atomic E-state index is 0.611. The quantitative estimate of drug-likeness (QED) is 0.349. The molecule has 30 heavy (non-hydrogen) atoms. The van der Waals surface area contributed by atoms with Crippen LogP contribution < -0.4 is 0 Å². The van der Waals surface area contributed by atoms with E-state index in [0.717, 1.165) is 66.1 Å². The van der Waals surface area contributed by atoms with Crippen molar-refractivity contribution in [3.8, 4) is 5.69 Å². The van der Waals surface area contributed by atoms with Crippen LogP contribution in [-0.4, -0.2) is 61.4 Å². The zero-order valence-corrected chi connectivity index (χ0v) is 17.2. The van der Waals surface area contributed by atoms with Crippen molar-refractivity contribution in [1.82, 2.24) is 35.1 Å². The Kier molecular flexibility index (Phi) is 5.65. The molecule has 9 heteroatoms. The molecule has 152 valence electrons. The molecule has 1 aliphatic rings. The Morgan fingerprint density at radius 3 is 2.60 bits per heavy atom. The maximum Gasteiger partial charge on any atom is 0.166 e. The van der Waals surface area contributed by atoms with Crippen molar-refractivity contribution in [2.45, 2.75) is 17.3 Å². The van der Waals surface area contributed by atoms with Gasteiger partial charge in [0.05, 0.1) is 36.7 Å². The van der Waals surface area contributed by atoms with Crippen molar-refractivity contribution in [3.63, 3.8) is 0 Å². The normalized spacial score (nSPS) is 14.9. The fourth-order valence-corrected chi connectivity index (χ4v) is 4.38. The summed E-state index contributed by atoms with van der Waals surface area (Å²) in [5, 5.41) is 14.2. The van der Waals surface area contributed by atoms with E-state index in [0.29, 0.717) is 5.75 Å². The lowest BCUT2D eigenvalue weighted by atomic mass is 10.2. The summed E-state index contributed by atoms with van der Waals surface area (Å²) in [5.74, 6) is 2.23. The standard InChI is InChI=1S/C21H21N7OS/c1-2-6-16(7-3-1)28-20(24-25-26-28)15-30-21-17-8-4-5-9-18(17)22-19(23-21)14-27-10-12-29-13-11-27/h1-9H,10-15H2. The lowest BCUT2D eigenvalue weighted by Crippen LogP contribution is -2.36. The van der Waals surface area contributed by atoms with Gasteiger partial charge in [0.25, 0.3) is 0 Å². The molecule has 0 unspecified atom stereocenters. The number of para-hydroxylation sites is 2. The number of morpholine rings is 1. The maximum absolute atomic E-state index is 5.45. The topological polar surface area (TPSA) is 81.9 Å². The van der Waals surface area contributed by atoms with Crippen LogP contribution in [0.1, 0.15) is 11.6 Å². The van der Waals surface area contributed by atoms with Gasteiger partial charge in [-0.2, -0.15) is 4.68 Å². The first kappa shape index (κ1) is 19.1. The Morgan fingerprint density at radius 1 is 0.933 bits per heavy atom. The number of fused-ring (bicyclic) bond motifs is 1. The Hall–Kier alpha value is -2.88. The molecule has 0 saturated carbocycles. The van der Waals surface area contributed by atoms with Gasteiger partial charge in [0.2, 0.25) is 0 Å². The molecule has 0 amide bonds. The minimum atomic E-state index is 0.611. The third-order valence-electron chi connectivity index (χ3n) is 4.96. The Bertz CT molecular complexity index is 1130. The lowest BCUT2D eigenvalue weighted by molar-refractivity contribution is 0.0330. The SMILES string of the molecule is c1ccc(-n2nnnc2CSc2nc(CN3CCOCC3)nc3ccccc23)cc1. The number of nitrogens with zero attached hydrogens (tertiary/aromatic N) is 7. The van der Waals surface area contributed by atoms with Crippen molar-refractivity contribution in [2.24, 2.45) is 0 Å². The van der Waals surface area contributed by atoms with Gasteiger partial charge in [-0.1, -0.05) is 48.2 Å². The fraction of sp³-hybridized carbons (Fsp3) is 0.286. The van der Waals surface area contributed by atoms with E-state index in [-0.39, 0.29) is 0 Å².